The van der Waals surface area contributed by atoms with E-state index in [-0.39, 0.29) is 0 Å². The van der Waals surface area contributed by atoms with Crippen molar-refractivity contribution in [2.45, 2.75) is 59.2 Å². The largest absolute Gasteiger partial charge is 0.311 e. The van der Waals surface area contributed by atoms with Crippen LogP contribution in [-0.4, -0.2) is 29.0 Å². The molecule has 1 aliphatic rings. The lowest BCUT2D eigenvalue weighted by atomic mass is 10.2. The number of pyridine rings is 1. The fourth-order valence-corrected chi connectivity index (χ4v) is 2.53. The van der Waals surface area contributed by atoms with Gasteiger partial charge in [-0.2, -0.15) is 0 Å². The number of nitrogens with one attached hydrogen (secondary N) is 1. The van der Waals surface area contributed by atoms with Crippen LogP contribution < -0.4 is 5.32 Å². The van der Waals surface area contributed by atoms with Crippen LogP contribution in [0.2, 0.25) is 0 Å². The predicted molar refractivity (Wildman–Crippen MR) is 84.5 cm³/mol. The lowest BCUT2D eigenvalue weighted by molar-refractivity contribution is 0.252. The van der Waals surface area contributed by atoms with E-state index in [1.54, 1.807) is 0 Å². The number of aromatic nitrogens is 1. The summed E-state index contributed by atoms with van der Waals surface area (Å²) in [4.78, 5) is 7.39. The van der Waals surface area contributed by atoms with Crippen LogP contribution in [-0.2, 0) is 13.1 Å². The van der Waals surface area contributed by atoms with Crippen LogP contribution in [0.25, 0.3) is 0 Å². The maximum Gasteiger partial charge on any atom is 0.0547 e. The van der Waals surface area contributed by atoms with Crippen LogP contribution in [0.1, 0.15) is 51.4 Å². The van der Waals surface area contributed by atoms with E-state index in [2.05, 4.69) is 49.2 Å². The molecule has 0 aliphatic heterocycles. The Morgan fingerprint density at radius 1 is 1.30 bits per heavy atom. The maximum atomic E-state index is 4.80. The molecule has 0 atom stereocenters. The van der Waals surface area contributed by atoms with Gasteiger partial charge in [0.15, 0.2) is 0 Å². The summed E-state index contributed by atoms with van der Waals surface area (Å²) in [6, 6.07) is 7.25. The topological polar surface area (TPSA) is 28.2 Å². The van der Waals surface area contributed by atoms with Crippen molar-refractivity contribution >= 4 is 0 Å². The minimum Gasteiger partial charge on any atom is -0.311 e. The van der Waals surface area contributed by atoms with Crippen molar-refractivity contribution in [3.63, 3.8) is 0 Å². The van der Waals surface area contributed by atoms with Gasteiger partial charge in [-0.1, -0.05) is 26.8 Å². The summed E-state index contributed by atoms with van der Waals surface area (Å²) in [5, 5.41) is 3.47. The van der Waals surface area contributed by atoms with Crippen molar-refractivity contribution in [3.8, 4) is 0 Å². The Labute approximate surface area is 123 Å². The van der Waals surface area contributed by atoms with E-state index in [4.69, 9.17) is 4.98 Å². The van der Waals surface area contributed by atoms with Gasteiger partial charge in [-0.05, 0) is 50.4 Å². The third kappa shape index (κ3) is 5.22. The van der Waals surface area contributed by atoms with Gasteiger partial charge in [0.2, 0.25) is 0 Å². The molecule has 0 aromatic carbocycles. The highest BCUT2D eigenvalue weighted by atomic mass is 15.2. The van der Waals surface area contributed by atoms with E-state index in [9.17, 15) is 0 Å². The van der Waals surface area contributed by atoms with Crippen molar-refractivity contribution in [1.82, 2.24) is 15.2 Å². The van der Waals surface area contributed by atoms with Crippen molar-refractivity contribution in [3.05, 3.63) is 29.6 Å². The molecule has 0 saturated heterocycles. The van der Waals surface area contributed by atoms with E-state index in [1.807, 2.05) is 0 Å². The van der Waals surface area contributed by atoms with Crippen LogP contribution >= 0.6 is 0 Å². The van der Waals surface area contributed by atoms with Crippen molar-refractivity contribution in [2.24, 2.45) is 5.92 Å². The standard InChI is InChI=1S/C17H29N3/c1-4-10-20(17-8-9-17)13-16-7-5-6-15(19-16)12-18-11-14(2)3/h5-7,14,17-18H,4,8-13H2,1-3H3. The highest BCUT2D eigenvalue weighted by Crippen LogP contribution is 2.28. The normalized spacial score (nSPS) is 15.2. The molecule has 1 saturated carbocycles. The molecule has 2 rings (SSSR count). The molecule has 0 radical (unpaired) electrons. The third-order valence-corrected chi connectivity index (χ3v) is 3.66. The van der Waals surface area contributed by atoms with E-state index >= 15 is 0 Å². The smallest absolute Gasteiger partial charge is 0.0547 e. The van der Waals surface area contributed by atoms with Crippen molar-refractivity contribution in [2.75, 3.05) is 13.1 Å². The molecule has 1 N–H and O–H groups in total. The monoisotopic (exact) mass is 275 g/mol. The molecule has 1 aromatic heterocycles. The molecule has 1 fully saturated rings. The molecule has 3 heteroatoms. The van der Waals surface area contributed by atoms with Gasteiger partial charge in [-0.15, -0.1) is 0 Å². The molecule has 1 heterocycles. The quantitative estimate of drug-likeness (QED) is 0.750. The second-order valence-electron chi connectivity index (χ2n) is 6.35. The molecular formula is C17H29N3. The Bertz CT molecular complexity index is 399. The fourth-order valence-electron chi connectivity index (χ4n) is 2.53. The predicted octanol–water partition coefficient (Wildman–Crippen LogP) is 3.20. The Hall–Kier alpha value is -0.930. The second-order valence-corrected chi connectivity index (χ2v) is 6.35. The van der Waals surface area contributed by atoms with E-state index in [0.717, 1.165) is 31.4 Å². The highest BCUT2D eigenvalue weighted by molar-refractivity contribution is 5.11. The van der Waals surface area contributed by atoms with Crippen molar-refractivity contribution in [1.29, 1.82) is 0 Å². The number of nitrogens with zero attached hydrogens (tertiary/aromatic N) is 2. The molecule has 0 amide bonds. The number of hydrogen-bond acceptors (Lipinski definition) is 3. The second kappa shape index (κ2) is 7.75. The first-order valence-electron chi connectivity index (χ1n) is 8.08. The highest BCUT2D eigenvalue weighted by Gasteiger charge is 2.28. The summed E-state index contributed by atoms with van der Waals surface area (Å²) in [5.41, 5.74) is 2.38. The molecule has 1 aromatic rings. The lowest BCUT2D eigenvalue weighted by Crippen LogP contribution is -2.27. The minimum atomic E-state index is 0.688. The SMILES string of the molecule is CCCN(Cc1cccc(CNCC(C)C)n1)C1CC1. The molecule has 3 nitrogen and oxygen atoms in total. The summed E-state index contributed by atoms with van der Waals surface area (Å²) < 4.78 is 0. The van der Waals surface area contributed by atoms with Crippen molar-refractivity contribution < 1.29 is 0 Å². The molecule has 1 aliphatic carbocycles. The molecule has 0 spiro atoms. The zero-order valence-corrected chi connectivity index (χ0v) is 13.2. The van der Waals surface area contributed by atoms with Gasteiger partial charge >= 0.3 is 0 Å². The van der Waals surface area contributed by atoms with Crippen LogP contribution in [0.5, 0.6) is 0 Å². The van der Waals surface area contributed by atoms with Gasteiger partial charge < -0.3 is 5.32 Å². The molecule has 0 unspecified atom stereocenters. The minimum absolute atomic E-state index is 0.688. The fraction of sp³-hybridized carbons (Fsp3) is 0.706. The van der Waals surface area contributed by atoms with Gasteiger partial charge in [0.25, 0.3) is 0 Å². The summed E-state index contributed by atoms with van der Waals surface area (Å²) >= 11 is 0. The van der Waals surface area contributed by atoms with Crippen LogP contribution in [0, 0.1) is 5.92 Å². The Morgan fingerprint density at radius 3 is 2.70 bits per heavy atom. The number of rotatable bonds is 9. The first-order chi connectivity index (χ1) is 9.69. The van der Waals surface area contributed by atoms with Gasteiger partial charge in [-0.3, -0.25) is 9.88 Å². The summed E-state index contributed by atoms with van der Waals surface area (Å²) in [6.45, 7) is 10.9. The van der Waals surface area contributed by atoms with Gasteiger partial charge in [-0.25, -0.2) is 0 Å². The zero-order chi connectivity index (χ0) is 14.4. The lowest BCUT2D eigenvalue weighted by Gasteiger charge is -2.21. The number of hydrogen-bond donors (Lipinski definition) is 1. The summed E-state index contributed by atoms with van der Waals surface area (Å²) in [7, 11) is 0. The van der Waals surface area contributed by atoms with E-state index in [1.165, 1.54) is 31.5 Å². The van der Waals surface area contributed by atoms with Gasteiger partial charge in [0, 0.05) is 19.1 Å². The van der Waals surface area contributed by atoms with Gasteiger partial charge in [0.1, 0.15) is 0 Å². The Balaban J connectivity index is 1.87. The first-order valence-corrected chi connectivity index (χ1v) is 8.08. The Kier molecular flexibility index (Phi) is 5.99. The summed E-state index contributed by atoms with van der Waals surface area (Å²) in [6.07, 6.45) is 3.97. The molecular weight excluding hydrogens is 246 g/mol. The third-order valence-electron chi connectivity index (χ3n) is 3.66. The molecule has 0 bridgehead atoms. The average molecular weight is 275 g/mol. The summed E-state index contributed by atoms with van der Waals surface area (Å²) in [5.74, 6) is 0.688. The van der Waals surface area contributed by atoms with E-state index < -0.39 is 0 Å². The zero-order valence-electron chi connectivity index (χ0n) is 13.2. The van der Waals surface area contributed by atoms with Gasteiger partial charge in [0.05, 0.1) is 11.4 Å². The van der Waals surface area contributed by atoms with Crippen LogP contribution in [0.3, 0.4) is 0 Å². The van der Waals surface area contributed by atoms with E-state index in [0.29, 0.717) is 5.92 Å². The molecule has 112 valence electrons. The van der Waals surface area contributed by atoms with Crippen LogP contribution in [0.4, 0.5) is 0 Å². The first kappa shape index (κ1) is 15.5. The average Bonchev–Trinajstić information content (AvgIpc) is 3.22. The molecule has 20 heavy (non-hydrogen) atoms. The van der Waals surface area contributed by atoms with Crippen LogP contribution in [0.15, 0.2) is 18.2 Å². The Morgan fingerprint density at radius 2 is 2.05 bits per heavy atom. The maximum absolute atomic E-state index is 4.80.